The highest BCUT2D eigenvalue weighted by Gasteiger charge is 2.27. The van der Waals surface area contributed by atoms with Gasteiger partial charge in [-0.3, -0.25) is 4.79 Å². The second-order valence-electron chi connectivity index (χ2n) is 5.96. The molecule has 0 aromatic heterocycles. The number of likely N-dealkylation sites (N-methyl/N-ethyl adjacent to an activating group) is 1. The number of amides is 1. The molecule has 0 bridgehead atoms. The molecule has 0 aliphatic carbocycles. The Labute approximate surface area is 158 Å². The van der Waals surface area contributed by atoms with E-state index in [1.54, 1.807) is 0 Å². The van der Waals surface area contributed by atoms with Gasteiger partial charge in [0.2, 0.25) is 5.91 Å². The van der Waals surface area contributed by atoms with Crippen molar-refractivity contribution >= 4 is 30.7 Å². The summed E-state index contributed by atoms with van der Waals surface area (Å²) in [5.74, 6) is 0.460. The average molecular weight is 376 g/mol. The number of rotatable bonds is 8. The van der Waals surface area contributed by atoms with Gasteiger partial charge in [0.05, 0.1) is 5.92 Å². The van der Waals surface area contributed by atoms with Crippen LogP contribution in [0.1, 0.15) is 25.8 Å². The van der Waals surface area contributed by atoms with Crippen LogP contribution in [0.15, 0.2) is 30.3 Å². The summed E-state index contributed by atoms with van der Waals surface area (Å²) in [5.41, 5.74) is 1.21. The number of hydrogen-bond donors (Lipinski definition) is 1. The van der Waals surface area contributed by atoms with Gasteiger partial charge in [0.15, 0.2) is 0 Å². The van der Waals surface area contributed by atoms with Gasteiger partial charge < -0.3 is 15.1 Å². The van der Waals surface area contributed by atoms with Crippen LogP contribution < -0.4 is 5.32 Å². The topological polar surface area (TPSA) is 35.6 Å². The van der Waals surface area contributed by atoms with Crippen molar-refractivity contribution in [3.05, 3.63) is 35.9 Å². The number of nitrogens with one attached hydrogen (secondary N) is 1. The Morgan fingerprint density at radius 2 is 1.79 bits per heavy atom. The Morgan fingerprint density at radius 3 is 2.33 bits per heavy atom. The van der Waals surface area contributed by atoms with Gasteiger partial charge in [-0.2, -0.15) is 0 Å². The van der Waals surface area contributed by atoms with E-state index in [1.165, 1.54) is 5.56 Å². The van der Waals surface area contributed by atoms with Crippen LogP contribution in [-0.4, -0.2) is 55.0 Å². The molecule has 4 nitrogen and oxygen atoms in total. The maximum Gasteiger partial charge on any atom is 0.227 e. The first kappa shape index (κ1) is 23.2. The van der Waals surface area contributed by atoms with Crippen molar-refractivity contribution in [1.82, 2.24) is 15.1 Å². The first-order valence-corrected chi connectivity index (χ1v) is 8.50. The predicted octanol–water partition coefficient (Wildman–Crippen LogP) is 2.81. The predicted molar refractivity (Wildman–Crippen MR) is 105 cm³/mol. The lowest BCUT2D eigenvalue weighted by Gasteiger charge is -2.28. The van der Waals surface area contributed by atoms with Crippen LogP contribution in [0, 0.1) is 5.92 Å². The normalized spacial score (nSPS) is 16.4. The van der Waals surface area contributed by atoms with Crippen molar-refractivity contribution in [2.75, 3.05) is 39.3 Å². The van der Waals surface area contributed by atoms with Gasteiger partial charge in [-0.15, -0.1) is 24.8 Å². The second kappa shape index (κ2) is 12.5. The molecule has 6 heteroatoms. The van der Waals surface area contributed by atoms with Crippen LogP contribution in [0.2, 0.25) is 0 Å². The Bertz CT molecular complexity index is 449. The largest absolute Gasteiger partial charge is 0.337 e. The minimum absolute atomic E-state index is 0. The number of benzene rings is 1. The maximum atomic E-state index is 12.8. The van der Waals surface area contributed by atoms with E-state index in [1.807, 2.05) is 23.1 Å². The van der Waals surface area contributed by atoms with E-state index in [4.69, 9.17) is 0 Å². The van der Waals surface area contributed by atoms with E-state index in [0.29, 0.717) is 5.91 Å². The lowest BCUT2D eigenvalue weighted by atomic mass is 10.1. The summed E-state index contributed by atoms with van der Waals surface area (Å²) in [5, 5.41) is 3.30. The molecule has 1 aliphatic heterocycles. The minimum Gasteiger partial charge on any atom is -0.337 e. The molecule has 2 rings (SSSR count). The molecule has 0 spiro atoms. The van der Waals surface area contributed by atoms with E-state index in [9.17, 15) is 4.79 Å². The Morgan fingerprint density at radius 1 is 1.12 bits per heavy atom. The first-order chi connectivity index (χ1) is 10.7. The summed E-state index contributed by atoms with van der Waals surface area (Å²) in [7, 11) is 0. The molecule has 1 atom stereocenters. The van der Waals surface area contributed by atoms with E-state index in [2.05, 4.69) is 36.2 Å². The van der Waals surface area contributed by atoms with Crippen molar-refractivity contribution in [2.45, 2.75) is 26.8 Å². The molecule has 1 unspecified atom stereocenters. The van der Waals surface area contributed by atoms with E-state index in [0.717, 1.165) is 52.2 Å². The second-order valence-corrected chi connectivity index (χ2v) is 5.96. The summed E-state index contributed by atoms with van der Waals surface area (Å²) >= 11 is 0. The molecule has 1 aromatic rings. The van der Waals surface area contributed by atoms with Gasteiger partial charge in [0.25, 0.3) is 0 Å². The highest BCUT2D eigenvalue weighted by Crippen LogP contribution is 2.14. The number of hydrogen-bond acceptors (Lipinski definition) is 3. The molecule has 1 heterocycles. The van der Waals surface area contributed by atoms with Crippen LogP contribution in [0.5, 0.6) is 0 Å². The third-order valence-electron chi connectivity index (χ3n) is 4.52. The quantitative estimate of drug-likeness (QED) is 0.758. The molecule has 1 aliphatic rings. The molecule has 1 amide bonds. The van der Waals surface area contributed by atoms with Crippen LogP contribution in [0.3, 0.4) is 0 Å². The molecule has 0 saturated carbocycles. The van der Waals surface area contributed by atoms with Crippen molar-refractivity contribution in [1.29, 1.82) is 0 Å². The fourth-order valence-corrected chi connectivity index (χ4v) is 3.00. The molecule has 1 saturated heterocycles. The van der Waals surface area contributed by atoms with Crippen LogP contribution in [0.4, 0.5) is 0 Å². The number of carbonyl (C=O) groups is 1. The molecular formula is C18H31Cl2N3O. The van der Waals surface area contributed by atoms with Gasteiger partial charge in [0.1, 0.15) is 0 Å². The van der Waals surface area contributed by atoms with E-state index >= 15 is 0 Å². The standard InChI is InChI=1S/C18H29N3O.2ClH/c1-3-20(4-2)12-13-21(15-16-8-6-5-7-9-16)18(22)17-10-11-19-14-17;;/h5-9,17,19H,3-4,10-15H2,1-2H3;2*1H. The molecule has 24 heavy (non-hydrogen) atoms. The zero-order valence-corrected chi connectivity index (χ0v) is 16.4. The third kappa shape index (κ3) is 6.98. The highest BCUT2D eigenvalue weighted by atomic mass is 35.5. The SMILES string of the molecule is CCN(CC)CCN(Cc1ccccc1)C(=O)C1CCNC1.Cl.Cl. The third-order valence-corrected chi connectivity index (χ3v) is 4.52. The molecular weight excluding hydrogens is 345 g/mol. The summed E-state index contributed by atoms with van der Waals surface area (Å²) in [4.78, 5) is 17.2. The fourth-order valence-electron chi connectivity index (χ4n) is 3.00. The van der Waals surface area contributed by atoms with Gasteiger partial charge in [-0.05, 0) is 31.6 Å². The summed E-state index contributed by atoms with van der Waals surface area (Å²) in [6, 6.07) is 10.3. The Kier molecular flexibility index (Phi) is 12.1. The maximum absolute atomic E-state index is 12.8. The minimum atomic E-state index is 0. The summed E-state index contributed by atoms with van der Waals surface area (Å²) in [6.07, 6.45) is 0.968. The lowest BCUT2D eigenvalue weighted by Crippen LogP contribution is -2.41. The van der Waals surface area contributed by atoms with Crippen LogP contribution >= 0.6 is 24.8 Å². The van der Waals surface area contributed by atoms with E-state index < -0.39 is 0 Å². The van der Waals surface area contributed by atoms with Crippen molar-refractivity contribution < 1.29 is 4.79 Å². The zero-order chi connectivity index (χ0) is 15.8. The van der Waals surface area contributed by atoms with Gasteiger partial charge >= 0.3 is 0 Å². The van der Waals surface area contributed by atoms with Gasteiger partial charge in [0, 0.05) is 26.2 Å². The molecule has 1 aromatic carbocycles. The lowest BCUT2D eigenvalue weighted by molar-refractivity contribution is -0.135. The summed E-state index contributed by atoms with van der Waals surface area (Å²) < 4.78 is 0. The Hall–Kier alpha value is -0.810. The first-order valence-electron chi connectivity index (χ1n) is 8.50. The Balaban J connectivity index is 0.00000264. The number of carbonyl (C=O) groups excluding carboxylic acids is 1. The molecule has 1 fully saturated rings. The number of halogens is 2. The smallest absolute Gasteiger partial charge is 0.227 e. The monoisotopic (exact) mass is 375 g/mol. The molecule has 1 N–H and O–H groups in total. The average Bonchev–Trinajstić information content (AvgIpc) is 3.09. The highest BCUT2D eigenvalue weighted by molar-refractivity contribution is 5.85. The van der Waals surface area contributed by atoms with Crippen molar-refractivity contribution in [2.24, 2.45) is 5.92 Å². The van der Waals surface area contributed by atoms with Gasteiger partial charge in [-0.25, -0.2) is 0 Å². The zero-order valence-electron chi connectivity index (χ0n) is 14.7. The molecule has 0 radical (unpaired) electrons. The van der Waals surface area contributed by atoms with Crippen LogP contribution in [0.25, 0.3) is 0 Å². The number of nitrogens with zero attached hydrogens (tertiary/aromatic N) is 2. The summed E-state index contributed by atoms with van der Waals surface area (Å²) in [6.45, 7) is 10.7. The van der Waals surface area contributed by atoms with Crippen molar-refractivity contribution in [3.63, 3.8) is 0 Å². The van der Waals surface area contributed by atoms with Gasteiger partial charge in [-0.1, -0.05) is 44.2 Å². The van der Waals surface area contributed by atoms with E-state index in [-0.39, 0.29) is 30.7 Å². The van der Waals surface area contributed by atoms with Crippen LogP contribution in [-0.2, 0) is 11.3 Å². The molecule has 138 valence electrons. The van der Waals surface area contributed by atoms with Crippen molar-refractivity contribution in [3.8, 4) is 0 Å². The fraction of sp³-hybridized carbons (Fsp3) is 0.611.